The van der Waals surface area contributed by atoms with Crippen molar-refractivity contribution >= 4 is 17.9 Å². The average molecular weight is 1000 g/mol. The van der Waals surface area contributed by atoms with Gasteiger partial charge in [0.15, 0.2) is 6.10 Å². The minimum Gasteiger partial charge on any atom is -0.477 e. The number of carbonyl (C=O) groups is 3. The summed E-state index contributed by atoms with van der Waals surface area (Å²) < 4.78 is 22.9. The highest BCUT2D eigenvalue weighted by Crippen LogP contribution is 2.17. The van der Waals surface area contributed by atoms with E-state index in [2.05, 4.69) is 50.3 Å². The van der Waals surface area contributed by atoms with Crippen LogP contribution in [-0.4, -0.2) is 87.4 Å². The molecule has 0 aromatic rings. The molecule has 1 N–H and O–H groups in total. The molecule has 0 saturated heterocycles. The second-order valence-electron chi connectivity index (χ2n) is 21.7. The molecule has 0 heterocycles. The van der Waals surface area contributed by atoms with Crippen molar-refractivity contribution in [3.63, 3.8) is 0 Å². The number of likely N-dealkylation sites (N-methyl/N-ethyl adjacent to an activating group) is 1. The molecule has 0 aromatic heterocycles. The minimum atomic E-state index is -1.51. The van der Waals surface area contributed by atoms with Gasteiger partial charge in [-0.25, -0.2) is 4.79 Å². The van der Waals surface area contributed by atoms with Crippen molar-refractivity contribution in [3.05, 3.63) is 36.5 Å². The fourth-order valence-electron chi connectivity index (χ4n) is 8.73. The Morgan fingerprint density at radius 1 is 0.423 bits per heavy atom. The predicted octanol–water partition coefficient (Wildman–Crippen LogP) is 17.7. The molecule has 0 amide bonds. The largest absolute Gasteiger partial charge is 0.477 e. The van der Waals surface area contributed by atoms with E-state index in [1.54, 1.807) is 0 Å². The van der Waals surface area contributed by atoms with Crippen molar-refractivity contribution < 1.29 is 42.9 Å². The molecule has 0 saturated carbocycles. The van der Waals surface area contributed by atoms with E-state index in [0.29, 0.717) is 17.4 Å². The SMILES string of the molecule is CCCCCCC/C=C\C/C=C\C/C=C\CCCCCCCCCCCCCCCCCCCCC(=O)OC(COC(=O)CCCCCCCCCCCCCCC)COC(OCC[N+](C)(C)C)C(=O)O. The highest BCUT2D eigenvalue weighted by Gasteiger charge is 2.25. The van der Waals surface area contributed by atoms with Gasteiger partial charge in [-0.15, -0.1) is 0 Å². The second kappa shape index (κ2) is 53.8. The van der Waals surface area contributed by atoms with Crippen LogP contribution in [0.4, 0.5) is 0 Å². The van der Waals surface area contributed by atoms with Crippen molar-refractivity contribution in [2.75, 3.05) is 47.5 Å². The number of hydrogen-bond acceptors (Lipinski definition) is 7. The maximum absolute atomic E-state index is 12.9. The lowest BCUT2D eigenvalue weighted by molar-refractivity contribution is -0.870. The fraction of sp³-hybridized carbons (Fsp3) is 0.855. The van der Waals surface area contributed by atoms with Gasteiger partial charge in [-0.2, -0.15) is 0 Å². The first-order valence-corrected chi connectivity index (χ1v) is 30.2. The zero-order valence-corrected chi connectivity index (χ0v) is 47.4. The summed E-state index contributed by atoms with van der Waals surface area (Å²) in [5.41, 5.74) is 0. The quantitative estimate of drug-likeness (QED) is 0.0211. The Bertz CT molecular complexity index is 1260. The van der Waals surface area contributed by atoms with Crippen LogP contribution in [0.3, 0.4) is 0 Å². The third-order valence-electron chi connectivity index (χ3n) is 13.4. The van der Waals surface area contributed by atoms with Gasteiger partial charge < -0.3 is 28.5 Å². The molecule has 0 rings (SSSR count). The number of quaternary nitrogens is 1. The molecule has 9 heteroatoms. The average Bonchev–Trinajstić information content (AvgIpc) is 3.34. The Labute approximate surface area is 439 Å². The molecule has 416 valence electrons. The van der Waals surface area contributed by atoms with E-state index in [0.717, 1.165) is 51.4 Å². The lowest BCUT2D eigenvalue weighted by Gasteiger charge is -2.25. The molecule has 0 spiro atoms. The van der Waals surface area contributed by atoms with Gasteiger partial charge in [0.05, 0.1) is 34.4 Å². The normalized spacial score (nSPS) is 13.0. The third kappa shape index (κ3) is 55.1. The van der Waals surface area contributed by atoms with Crippen molar-refractivity contribution in [3.8, 4) is 0 Å². The van der Waals surface area contributed by atoms with Gasteiger partial charge in [0.2, 0.25) is 0 Å². The van der Waals surface area contributed by atoms with E-state index in [4.69, 9.17) is 18.9 Å². The number of carboxylic acid groups (broad SMARTS) is 1. The van der Waals surface area contributed by atoms with E-state index in [1.165, 1.54) is 205 Å². The first kappa shape index (κ1) is 68.5. The standard InChI is InChI=1S/C62H115NO8/c1-6-8-10-12-14-16-18-20-21-22-23-24-25-26-27-28-29-30-31-32-33-34-35-36-37-38-39-41-43-45-47-49-51-53-60(65)71-58(57-70-62(61(66)67)68-55-54-63(3,4)5)56-69-59(64)52-50-48-46-44-42-40-19-17-15-13-11-9-7-2/h18,20,22-23,25-26,58,62H,6-17,19,21,24,27-57H2,1-5H3/p+1/b20-18-,23-22-,26-25-. The summed E-state index contributed by atoms with van der Waals surface area (Å²) >= 11 is 0. The molecule has 0 aliphatic heterocycles. The van der Waals surface area contributed by atoms with Crippen molar-refractivity contribution in [1.29, 1.82) is 0 Å². The summed E-state index contributed by atoms with van der Waals surface area (Å²) in [6.45, 7) is 4.90. The maximum Gasteiger partial charge on any atom is 0.361 e. The fourth-order valence-corrected chi connectivity index (χ4v) is 8.73. The van der Waals surface area contributed by atoms with Gasteiger partial charge in [0, 0.05) is 12.8 Å². The van der Waals surface area contributed by atoms with Crippen LogP contribution in [-0.2, 0) is 33.3 Å². The van der Waals surface area contributed by atoms with Crippen LogP contribution < -0.4 is 0 Å². The topological polar surface area (TPSA) is 108 Å². The molecule has 9 nitrogen and oxygen atoms in total. The third-order valence-corrected chi connectivity index (χ3v) is 13.4. The summed E-state index contributed by atoms with van der Waals surface area (Å²) in [7, 11) is 5.97. The monoisotopic (exact) mass is 1000 g/mol. The first-order chi connectivity index (χ1) is 34.6. The maximum atomic E-state index is 12.9. The number of hydrogen-bond donors (Lipinski definition) is 1. The predicted molar refractivity (Wildman–Crippen MR) is 300 cm³/mol. The number of aliphatic carboxylic acids is 1. The molecule has 0 aliphatic rings. The molecule has 71 heavy (non-hydrogen) atoms. The Morgan fingerprint density at radius 2 is 0.761 bits per heavy atom. The number of esters is 2. The van der Waals surface area contributed by atoms with Gasteiger partial charge in [-0.1, -0.05) is 256 Å². The first-order valence-electron chi connectivity index (χ1n) is 30.2. The van der Waals surface area contributed by atoms with Crippen LogP contribution in [0.2, 0.25) is 0 Å². The summed E-state index contributed by atoms with van der Waals surface area (Å²) in [5.74, 6) is -1.99. The van der Waals surface area contributed by atoms with Crippen LogP contribution in [0.1, 0.15) is 284 Å². The van der Waals surface area contributed by atoms with Crippen LogP contribution >= 0.6 is 0 Å². The van der Waals surface area contributed by atoms with Crippen LogP contribution in [0.5, 0.6) is 0 Å². The highest BCUT2D eigenvalue weighted by molar-refractivity contribution is 5.71. The highest BCUT2D eigenvalue weighted by atomic mass is 16.7. The van der Waals surface area contributed by atoms with Crippen molar-refractivity contribution in [2.45, 2.75) is 296 Å². The van der Waals surface area contributed by atoms with Gasteiger partial charge in [-0.3, -0.25) is 9.59 Å². The Morgan fingerprint density at radius 3 is 1.13 bits per heavy atom. The summed E-state index contributed by atoms with van der Waals surface area (Å²) in [4.78, 5) is 37.3. The van der Waals surface area contributed by atoms with Crippen LogP contribution in [0.25, 0.3) is 0 Å². The molecular weight excluding hydrogens is 887 g/mol. The molecule has 2 unspecified atom stereocenters. The molecular formula is C62H116NO8+. The van der Waals surface area contributed by atoms with Crippen LogP contribution in [0.15, 0.2) is 36.5 Å². The number of unbranched alkanes of at least 4 members (excludes halogenated alkanes) is 35. The van der Waals surface area contributed by atoms with E-state index in [-0.39, 0.29) is 38.2 Å². The number of rotatable bonds is 56. The molecule has 0 bridgehead atoms. The zero-order chi connectivity index (χ0) is 52.0. The Kier molecular flexibility index (Phi) is 51.9. The molecule has 0 aromatic carbocycles. The number of carbonyl (C=O) groups excluding carboxylic acids is 2. The smallest absolute Gasteiger partial charge is 0.361 e. The van der Waals surface area contributed by atoms with Crippen LogP contribution in [0, 0.1) is 0 Å². The summed E-state index contributed by atoms with van der Waals surface area (Å²) in [6, 6.07) is 0. The number of allylic oxidation sites excluding steroid dienone is 6. The number of ether oxygens (including phenoxy) is 4. The number of nitrogens with zero attached hydrogens (tertiary/aromatic N) is 1. The zero-order valence-electron chi connectivity index (χ0n) is 47.4. The van der Waals surface area contributed by atoms with Crippen molar-refractivity contribution in [1.82, 2.24) is 0 Å². The molecule has 0 aliphatic carbocycles. The summed E-state index contributed by atoms with van der Waals surface area (Å²) in [5, 5.41) is 9.69. The molecule has 2 atom stereocenters. The van der Waals surface area contributed by atoms with E-state index < -0.39 is 18.4 Å². The second-order valence-corrected chi connectivity index (χ2v) is 21.7. The number of carboxylic acids is 1. The summed E-state index contributed by atoms with van der Waals surface area (Å²) in [6.07, 6.45) is 62.4. The van der Waals surface area contributed by atoms with Gasteiger partial charge in [0.25, 0.3) is 6.29 Å². The lowest BCUT2D eigenvalue weighted by atomic mass is 10.0. The van der Waals surface area contributed by atoms with Gasteiger partial charge >= 0.3 is 17.9 Å². The van der Waals surface area contributed by atoms with E-state index in [9.17, 15) is 19.5 Å². The Hall–Kier alpha value is -2.49. The van der Waals surface area contributed by atoms with E-state index in [1.807, 2.05) is 21.1 Å². The van der Waals surface area contributed by atoms with Gasteiger partial charge in [-0.05, 0) is 51.4 Å². The molecule has 0 radical (unpaired) electrons. The van der Waals surface area contributed by atoms with Crippen molar-refractivity contribution in [2.24, 2.45) is 0 Å². The molecule has 0 fully saturated rings. The lowest BCUT2D eigenvalue weighted by Crippen LogP contribution is -2.40. The van der Waals surface area contributed by atoms with E-state index >= 15 is 0 Å². The van der Waals surface area contributed by atoms with Gasteiger partial charge in [0.1, 0.15) is 13.2 Å². The minimum absolute atomic E-state index is 0.176. The Balaban J connectivity index is 4.05.